The van der Waals surface area contributed by atoms with E-state index in [4.69, 9.17) is 0 Å². The number of amides is 2. The van der Waals surface area contributed by atoms with Crippen molar-refractivity contribution in [3.05, 3.63) is 11.4 Å². The fourth-order valence-electron chi connectivity index (χ4n) is 3.82. The number of carbonyl (C=O) groups is 1. The summed E-state index contributed by atoms with van der Waals surface area (Å²) in [6.07, 6.45) is 2.62. The highest BCUT2D eigenvalue weighted by Crippen LogP contribution is 2.35. The van der Waals surface area contributed by atoms with E-state index in [1.54, 1.807) is 0 Å². The van der Waals surface area contributed by atoms with Crippen molar-refractivity contribution in [2.45, 2.75) is 66.0 Å². The van der Waals surface area contributed by atoms with Crippen molar-refractivity contribution in [1.29, 1.82) is 0 Å². The maximum absolute atomic E-state index is 12.8. The number of rotatable bonds is 5. The summed E-state index contributed by atoms with van der Waals surface area (Å²) in [6.45, 7) is 11.7. The Hall–Kier alpha value is -1.56. The summed E-state index contributed by atoms with van der Waals surface area (Å²) in [5.74, 6) is 0.432. The topological polar surface area (TPSA) is 70.4 Å². The second kappa shape index (κ2) is 6.91. The van der Waals surface area contributed by atoms with Gasteiger partial charge in [-0.05, 0) is 46.0 Å². The second-order valence-electron chi connectivity index (χ2n) is 7.03. The molecule has 0 aromatic carbocycles. The molecule has 130 valence electrons. The Morgan fingerprint density at radius 2 is 2.13 bits per heavy atom. The summed E-state index contributed by atoms with van der Waals surface area (Å²) >= 11 is 0. The molecule has 0 saturated carbocycles. The van der Waals surface area contributed by atoms with E-state index >= 15 is 0 Å². The molecule has 1 aliphatic heterocycles. The first-order valence-electron chi connectivity index (χ1n) is 8.58. The molecule has 0 radical (unpaired) electrons. The summed E-state index contributed by atoms with van der Waals surface area (Å²) in [7, 11) is 0. The van der Waals surface area contributed by atoms with Crippen molar-refractivity contribution in [3.8, 4) is 0 Å². The van der Waals surface area contributed by atoms with Gasteiger partial charge in [-0.25, -0.2) is 4.79 Å². The first-order valence-corrected chi connectivity index (χ1v) is 8.58. The van der Waals surface area contributed by atoms with E-state index in [1.807, 2.05) is 30.4 Å². The van der Waals surface area contributed by atoms with Crippen LogP contribution < -0.4 is 5.32 Å². The van der Waals surface area contributed by atoms with Crippen LogP contribution in [0, 0.1) is 19.8 Å². The standard InChI is InChI=1S/C17H30N4O2/c1-6-21-14(5)15(13(4)19-21)18-16(23)20-9-7-8-17(20,11-22)10-12(2)3/h12,22H,6-11H2,1-5H3,(H,18,23)/t17-/m0/s1. The fourth-order valence-corrected chi connectivity index (χ4v) is 3.82. The van der Waals surface area contributed by atoms with Crippen LogP contribution in [0.3, 0.4) is 0 Å². The first-order chi connectivity index (χ1) is 10.8. The SMILES string of the molecule is CCn1nc(C)c(NC(=O)N2CCC[C@@]2(CO)CC(C)C)c1C. The Labute approximate surface area is 138 Å². The number of carbonyl (C=O) groups excluding carboxylic acids is 1. The van der Waals surface area contributed by atoms with E-state index in [2.05, 4.69) is 24.3 Å². The molecule has 1 aromatic heterocycles. The molecule has 2 heterocycles. The van der Waals surface area contributed by atoms with E-state index < -0.39 is 5.54 Å². The van der Waals surface area contributed by atoms with Gasteiger partial charge in [-0.15, -0.1) is 0 Å². The number of aryl methyl sites for hydroxylation is 2. The third kappa shape index (κ3) is 3.37. The summed E-state index contributed by atoms with van der Waals surface area (Å²) in [4.78, 5) is 14.7. The summed E-state index contributed by atoms with van der Waals surface area (Å²) in [5, 5.41) is 17.4. The zero-order chi connectivity index (χ0) is 17.2. The minimum atomic E-state index is -0.430. The maximum atomic E-state index is 12.8. The summed E-state index contributed by atoms with van der Waals surface area (Å²) < 4.78 is 1.89. The van der Waals surface area contributed by atoms with Crippen molar-refractivity contribution in [2.75, 3.05) is 18.5 Å². The van der Waals surface area contributed by atoms with Crippen LogP contribution >= 0.6 is 0 Å². The molecule has 0 spiro atoms. The van der Waals surface area contributed by atoms with Crippen LogP contribution in [0.1, 0.15) is 51.4 Å². The van der Waals surface area contributed by atoms with Gasteiger partial charge in [0.05, 0.1) is 29.2 Å². The Bertz CT molecular complexity index is 567. The van der Waals surface area contributed by atoms with Gasteiger partial charge in [0.15, 0.2) is 0 Å². The van der Waals surface area contributed by atoms with Crippen LogP contribution in [-0.4, -0.2) is 44.5 Å². The number of urea groups is 1. The highest BCUT2D eigenvalue weighted by Gasteiger charge is 2.43. The van der Waals surface area contributed by atoms with Gasteiger partial charge >= 0.3 is 6.03 Å². The monoisotopic (exact) mass is 322 g/mol. The van der Waals surface area contributed by atoms with Crippen molar-refractivity contribution in [3.63, 3.8) is 0 Å². The van der Waals surface area contributed by atoms with E-state index in [0.717, 1.165) is 42.9 Å². The van der Waals surface area contributed by atoms with Gasteiger partial charge in [-0.2, -0.15) is 5.10 Å². The number of likely N-dealkylation sites (tertiary alicyclic amines) is 1. The number of nitrogens with zero attached hydrogens (tertiary/aromatic N) is 3. The average Bonchev–Trinajstić information content (AvgIpc) is 3.02. The molecular formula is C17H30N4O2. The van der Waals surface area contributed by atoms with E-state index in [0.29, 0.717) is 12.5 Å². The highest BCUT2D eigenvalue weighted by molar-refractivity contribution is 5.91. The molecule has 1 saturated heterocycles. The Kier molecular flexibility index (Phi) is 5.34. The van der Waals surface area contributed by atoms with Crippen LogP contribution in [0.4, 0.5) is 10.5 Å². The maximum Gasteiger partial charge on any atom is 0.322 e. The number of aliphatic hydroxyl groups is 1. The molecule has 0 aliphatic carbocycles. The van der Waals surface area contributed by atoms with Crippen LogP contribution in [0.5, 0.6) is 0 Å². The molecule has 2 amide bonds. The zero-order valence-corrected chi connectivity index (χ0v) is 15.0. The number of hydrogen-bond donors (Lipinski definition) is 2. The van der Waals surface area contributed by atoms with Gasteiger partial charge < -0.3 is 15.3 Å². The predicted octanol–water partition coefficient (Wildman–Crippen LogP) is 2.92. The molecular weight excluding hydrogens is 292 g/mol. The normalized spacial score (nSPS) is 21.3. The molecule has 6 nitrogen and oxygen atoms in total. The van der Waals surface area contributed by atoms with Crippen molar-refractivity contribution < 1.29 is 9.90 Å². The number of anilines is 1. The van der Waals surface area contributed by atoms with Crippen molar-refractivity contribution in [1.82, 2.24) is 14.7 Å². The number of hydrogen-bond acceptors (Lipinski definition) is 3. The third-order valence-electron chi connectivity index (χ3n) is 4.84. The molecule has 23 heavy (non-hydrogen) atoms. The predicted molar refractivity (Wildman–Crippen MR) is 91.6 cm³/mol. The first kappa shape index (κ1) is 17.8. The van der Waals surface area contributed by atoms with E-state index in [9.17, 15) is 9.90 Å². The molecule has 6 heteroatoms. The molecule has 0 unspecified atom stereocenters. The van der Waals surface area contributed by atoms with E-state index in [1.165, 1.54) is 0 Å². The van der Waals surface area contributed by atoms with Crippen molar-refractivity contribution in [2.24, 2.45) is 5.92 Å². The second-order valence-corrected chi connectivity index (χ2v) is 7.03. The quantitative estimate of drug-likeness (QED) is 0.875. The average molecular weight is 322 g/mol. The van der Waals surface area contributed by atoms with Gasteiger partial charge in [0.2, 0.25) is 0 Å². The lowest BCUT2D eigenvalue weighted by molar-refractivity contribution is 0.0728. The van der Waals surface area contributed by atoms with Crippen LogP contribution in [0.2, 0.25) is 0 Å². The van der Waals surface area contributed by atoms with Gasteiger partial charge in [-0.1, -0.05) is 13.8 Å². The number of aromatic nitrogens is 2. The fraction of sp³-hybridized carbons (Fsp3) is 0.765. The minimum Gasteiger partial charge on any atom is -0.394 e. The van der Waals surface area contributed by atoms with Gasteiger partial charge in [0.1, 0.15) is 0 Å². The van der Waals surface area contributed by atoms with Gasteiger partial charge in [0.25, 0.3) is 0 Å². The number of aliphatic hydroxyl groups excluding tert-OH is 1. The molecule has 1 atom stereocenters. The summed E-state index contributed by atoms with van der Waals surface area (Å²) in [6, 6.07) is -0.126. The van der Waals surface area contributed by atoms with Gasteiger partial charge in [0, 0.05) is 13.1 Å². The lowest BCUT2D eigenvalue weighted by Crippen LogP contribution is -2.52. The molecule has 2 rings (SSSR count). The van der Waals surface area contributed by atoms with Gasteiger partial charge in [-0.3, -0.25) is 4.68 Å². The lowest BCUT2D eigenvalue weighted by Gasteiger charge is -2.38. The lowest BCUT2D eigenvalue weighted by atomic mass is 9.87. The molecule has 2 N–H and O–H groups in total. The minimum absolute atomic E-state index is 0.0186. The molecule has 0 bridgehead atoms. The smallest absolute Gasteiger partial charge is 0.322 e. The molecule has 1 fully saturated rings. The zero-order valence-electron chi connectivity index (χ0n) is 15.0. The van der Waals surface area contributed by atoms with E-state index in [-0.39, 0.29) is 12.6 Å². The largest absolute Gasteiger partial charge is 0.394 e. The van der Waals surface area contributed by atoms with Crippen molar-refractivity contribution >= 4 is 11.7 Å². The summed E-state index contributed by atoms with van der Waals surface area (Å²) in [5.41, 5.74) is 2.16. The highest BCUT2D eigenvalue weighted by atomic mass is 16.3. The Balaban J connectivity index is 2.21. The Morgan fingerprint density at radius 3 is 2.65 bits per heavy atom. The van der Waals surface area contributed by atoms with Crippen LogP contribution in [0.15, 0.2) is 0 Å². The number of nitrogens with one attached hydrogen (secondary N) is 1. The Morgan fingerprint density at radius 1 is 1.43 bits per heavy atom. The van der Waals surface area contributed by atoms with Crippen LogP contribution in [0.25, 0.3) is 0 Å². The molecule has 1 aromatic rings. The van der Waals surface area contributed by atoms with Crippen LogP contribution in [-0.2, 0) is 6.54 Å². The molecule has 1 aliphatic rings. The third-order valence-corrected chi connectivity index (χ3v) is 4.84.